The molecule has 1 saturated heterocycles. The number of nitrogens with one attached hydrogen (secondary N) is 3. The highest BCUT2D eigenvalue weighted by Crippen LogP contribution is 2.55. The molecule has 2 fully saturated rings. The number of ether oxygens (including phenoxy) is 3. The molecular formula is C46H57Cl2N5O7. The summed E-state index contributed by atoms with van der Waals surface area (Å²) < 4.78 is 17.9. The maximum absolute atomic E-state index is 13.8. The quantitative estimate of drug-likeness (QED) is 0.118. The monoisotopic (exact) mass is 861 g/mol. The summed E-state index contributed by atoms with van der Waals surface area (Å²) in [5, 5.41) is 19.1. The van der Waals surface area contributed by atoms with Gasteiger partial charge in [-0.2, -0.15) is 5.26 Å². The summed E-state index contributed by atoms with van der Waals surface area (Å²) in [6, 6.07) is 19.6. The van der Waals surface area contributed by atoms with E-state index >= 15 is 0 Å². The minimum absolute atomic E-state index is 0.169. The van der Waals surface area contributed by atoms with Crippen LogP contribution in [0.1, 0.15) is 95.6 Å². The molecule has 0 radical (unpaired) electrons. The highest BCUT2D eigenvalue weighted by molar-refractivity contribution is 6.31. The van der Waals surface area contributed by atoms with Crippen molar-refractivity contribution in [2.24, 2.45) is 16.2 Å². The molecule has 0 aromatic heterocycles. The number of nitrogens with zero attached hydrogens (tertiary/aromatic N) is 2. The number of unbranched alkanes of at least 4 members (excludes halogenated alkanes) is 1. The first-order chi connectivity index (χ1) is 28.3. The third-order valence-electron chi connectivity index (χ3n) is 11.4. The largest absolute Gasteiger partial charge is 0.494 e. The average molecular weight is 863 g/mol. The SMILES string of the molecule is CC(C)(C)[C@H](NC(=O)COCCCCOc1ccc(C(=O)N[C@H]2C(C)(C)[C@H](Oc3ccc(C#N)c(Cl)c3)C2(C)C)cc1)C(=O)N1CCC[C@H]1C(=O)NCc1ccc(Cl)cc1. The number of carbonyl (C=O) groups is 4. The minimum atomic E-state index is -0.838. The van der Waals surface area contributed by atoms with Crippen LogP contribution in [0.2, 0.25) is 10.0 Å². The molecule has 3 aromatic carbocycles. The highest BCUT2D eigenvalue weighted by Gasteiger charge is 2.64. The lowest BCUT2D eigenvalue weighted by Crippen LogP contribution is -2.74. The highest BCUT2D eigenvalue weighted by atomic mass is 35.5. The molecule has 3 aromatic rings. The summed E-state index contributed by atoms with van der Waals surface area (Å²) in [4.78, 5) is 54.8. The second-order valence-corrected chi connectivity index (χ2v) is 18.7. The van der Waals surface area contributed by atoms with Gasteiger partial charge in [-0.25, -0.2) is 0 Å². The minimum Gasteiger partial charge on any atom is -0.494 e. The topological polar surface area (TPSA) is 159 Å². The maximum atomic E-state index is 13.8. The second kappa shape index (κ2) is 19.7. The van der Waals surface area contributed by atoms with Crippen molar-refractivity contribution in [2.45, 2.75) is 105 Å². The Balaban J connectivity index is 1.00. The molecule has 14 heteroatoms. The molecule has 0 bridgehead atoms. The molecule has 0 unspecified atom stereocenters. The van der Waals surface area contributed by atoms with Gasteiger partial charge in [0.2, 0.25) is 17.7 Å². The number of nitriles is 1. The van der Waals surface area contributed by atoms with Gasteiger partial charge >= 0.3 is 0 Å². The van der Waals surface area contributed by atoms with E-state index in [0.717, 1.165) is 5.56 Å². The van der Waals surface area contributed by atoms with Gasteiger partial charge in [-0.3, -0.25) is 19.2 Å². The molecule has 5 rings (SSSR count). The van der Waals surface area contributed by atoms with E-state index in [9.17, 15) is 24.4 Å². The summed E-state index contributed by atoms with van der Waals surface area (Å²) in [5.41, 5.74) is 0.416. The molecule has 322 valence electrons. The molecule has 1 heterocycles. The molecule has 60 heavy (non-hydrogen) atoms. The lowest BCUT2D eigenvalue weighted by molar-refractivity contribution is -0.164. The Morgan fingerprint density at radius 3 is 2.20 bits per heavy atom. The summed E-state index contributed by atoms with van der Waals surface area (Å²) in [6.07, 6.45) is 2.35. The zero-order chi connectivity index (χ0) is 43.8. The Morgan fingerprint density at radius 1 is 0.917 bits per heavy atom. The molecule has 0 spiro atoms. The Labute approximate surface area is 363 Å². The number of likely N-dealkylation sites (tertiary alicyclic amines) is 1. The third kappa shape index (κ3) is 11.3. The Hall–Kier alpha value is -4.83. The number of amides is 4. The van der Waals surface area contributed by atoms with Crippen molar-refractivity contribution in [3.63, 3.8) is 0 Å². The second-order valence-electron chi connectivity index (χ2n) is 17.8. The number of hydrogen-bond acceptors (Lipinski definition) is 8. The van der Waals surface area contributed by atoms with E-state index in [1.807, 2.05) is 32.9 Å². The standard InChI is InChI=1S/C46H57Cl2N5O7/c1-44(2,3)38(41(57)53-22-10-11-36(53)40(56)50-27-29-12-17-32(47)18-13-29)51-37(54)28-58-23-8-9-24-59-33-19-14-30(15-20-33)39(55)52-42-45(4,5)43(46(42,6)7)60-34-21-16-31(26-49)35(48)25-34/h12-21,25,36,38,42-43H,8-11,22-24,27-28H2,1-7H3,(H,50,56)(H,51,54)(H,52,55)/t36-,38+,42-,43-/m0/s1. The van der Waals surface area contributed by atoms with Crippen molar-refractivity contribution in [1.29, 1.82) is 5.26 Å². The van der Waals surface area contributed by atoms with Gasteiger partial charge in [0, 0.05) is 53.2 Å². The molecule has 3 N–H and O–H groups in total. The van der Waals surface area contributed by atoms with Crippen LogP contribution in [0.4, 0.5) is 0 Å². The van der Waals surface area contributed by atoms with E-state index < -0.39 is 23.4 Å². The van der Waals surface area contributed by atoms with Crippen LogP contribution in [-0.4, -0.2) is 79.1 Å². The van der Waals surface area contributed by atoms with Crippen LogP contribution in [0.5, 0.6) is 11.5 Å². The first kappa shape index (κ1) is 46.2. The van der Waals surface area contributed by atoms with Gasteiger partial charge in [-0.05, 0) is 85.2 Å². The fourth-order valence-corrected chi connectivity index (χ4v) is 8.74. The predicted octanol–water partition coefficient (Wildman–Crippen LogP) is 7.49. The molecule has 1 saturated carbocycles. The fourth-order valence-electron chi connectivity index (χ4n) is 8.40. The molecule has 12 nitrogen and oxygen atoms in total. The molecule has 4 amide bonds. The van der Waals surface area contributed by atoms with Gasteiger partial charge in [-0.15, -0.1) is 0 Å². The third-order valence-corrected chi connectivity index (χ3v) is 11.9. The Morgan fingerprint density at radius 2 is 1.57 bits per heavy atom. The van der Waals surface area contributed by atoms with E-state index in [1.165, 1.54) is 0 Å². The van der Waals surface area contributed by atoms with Crippen molar-refractivity contribution in [3.8, 4) is 17.6 Å². The lowest BCUT2D eigenvalue weighted by Gasteiger charge is -2.63. The van der Waals surface area contributed by atoms with Gasteiger partial charge in [0.15, 0.2) is 0 Å². The predicted molar refractivity (Wildman–Crippen MR) is 231 cm³/mol. The van der Waals surface area contributed by atoms with Crippen molar-refractivity contribution in [1.82, 2.24) is 20.9 Å². The Kier molecular flexibility index (Phi) is 15.2. The maximum Gasteiger partial charge on any atom is 0.251 e. The molecule has 2 atom stereocenters. The van der Waals surface area contributed by atoms with Gasteiger partial charge in [-0.1, -0.05) is 83.8 Å². The fraction of sp³-hybridized carbons (Fsp3) is 0.500. The van der Waals surface area contributed by atoms with Gasteiger partial charge < -0.3 is 35.1 Å². The zero-order valence-electron chi connectivity index (χ0n) is 35.5. The van der Waals surface area contributed by atoms with Crippen molar-refractivity contribution >= 4 is 46.8 Å². The first-order valence-electron chi connectivity index (χ1n) is 20.4. The number of carbonyl (C=O) groups excluding carboxylic acids is 4. The van der Waals surface area contributed by atoms with Gasteiger partial charge in [0.1, 0.15) is 42.4 Å². The van der Waals surface area contributed by atoms with Crippen LogP contribution >= 0.6 is 23.2 Å². The normalized spacial score (nSPS) is 19.6. The van der Waals surface area contributed by atoms with E-state index in [2.05, 4.69) is 49.7 Å². The average Bonchev–Trinajstić information content (AvgIpc) is 3.70. The summed E-state index contributed by atoms with van der Waals surface area (Å²) in [5.74, 6) is 0.0868. The van der Waals surface area contributed by atoms with E-state index in [4.69, 9.17) is 37.4 Å². The molecule has 1 aliphatic heterocycles. The van der Waals surface area contributed by atoms with Crippen LogP contribution in [-0.2, 0) is 25.7 Å². The molecular weight excluding hydrogens is 805 g/mol. The summed E-state index contributed by atoms with van der Waals surface area (Å²) in [7, 11) is 0. The summed E-state index contributed by atoms with van der Waals surface area (Å²) >= 11 is 12.2. The smallest absolute Gasteiger partial charge is 0.251 e. The summed E-state index contributed by atoms with van der Waals surface area (Å²) in [6.45, 7) is 15.2. The number of halogens is 2. The van der Waals surface area contributed by atoms with Crippen LogP contribution in [0.3, 0.4) is 0 Å². The molecule has 2 aliphatic rings. The van der Waals surface area contributed by atoms with E-state index in [0.29, 0.717) is 84.7 Å². The van der Waals surface area contributed by atoms with Crippen molar-refractivity contribution in [2.75, 3.05) is 26.4 Å². The molecule has 1 aliphatic carbocycles. The van der Waals surface area contributed by atoms with Crippen molar-refractivity contribution < 1.29 is 33.4 Å². The van der Waals surface area contributed by atoms with Crippen LogP contribution < -0.4 is 25.4 Å². The first-order valence-corrected chi connectivity index (χ1v) is 21.2. The number of benzene rings is 3. The van der Waals surface area contributed by atoms with E-state index in [1.54, 1.807) is 59.5 Å². The van der Waals surface area contributed by atoms with Crippen LogP contribution in [0, 0.1) is 27.6 Å². The van der Waals surface area contributed by atoms with Gasteiger partial charge in [0.05, 0.1) is 17.2 Å². The van der Waals surface area contributed by atoms with Crippen LogP contribution in [0.15, 0.2) is 66.7 Å². The van der Waals surface area contributed by atoms with Crippen molar-refractivity contribution in [3.05, 3.63) is 93.5 Å². The van der Waals surface area contributed by atoms with E-state index in [-0.39, 0.29) is 47.3 Å². The van der Waals surface area contributed by atoms with Crippen LogP contribution in [0.25, 0.3) is 0 Å². The zero-order valence-corrected chi connectivity index (χ0v) is 37.0. The number of hydrogen-bond donors (Lipinski definition) is 3. The lowest BCUT2D eigenvalue weighted by atomic mass is 9.49. The van der Waals surface area contributed by atoms with Gasteiger partial charge in [0.25, 0.3) is 5.91 Å². The Bertz CT molecular complexity index is 2030. The number of rotatable bonds is 17.